The van der Waals surface area contributed by atoms with Crippen LogP contribution in [0.4, 0.5) is 0 Å². The molecule has 0 spiro atoms. The third-order valence-electron chi connectivity index (χ3n) is 8.06. The molecule has 3 aromatic heterocycles. The van der Waals surface area contributed by atoms with E-state index >= 15 is 0 Å². The van der Waals surface area contributed by atoms with Gasteiger partial charge in [-0.25, -0.2) is 0 Å². The molecule has 0 bridgehead atoms. The number of thiophene rings is 1. The van der Waals surface area contributed by atoms with Crippen molar-refractivity contribution >= 4 is 44.8 Å². The van der Waals surface area contributed by atoms with Crippen LogP contribution in [0.5, 0.6) is 0 Å². The van der Waals surface area contributed by atoms with Crippen molar-refractivity contribution in [1.82, 2.24) is 9.97 Å². The first-order valence-corrected chi connectivity index (χ1v) is 19.8. The molecule has 0 fully saturated rings. The molecule has 0 saturated carbocycles. The fraction of sp³-hybridized carbons (Fsp3) is 0.171. The average molecular weight is 811 g/mol. The molecule has 0 N–H and O–H groups in total. The second-order valence-electron chi connectivity index (χ2n) is 12.8. The summed E-state index contributed by atoms with van der Waals surface area (Å²) in [6.45, 7) is 13.8. The number of aryl methyl sites for hydroxylation is 1. The molecule has 0 saturated heterocycles. The molecule has 2 nitrogen and oxygen atoms in total. The predicted molar refractivity (Wildman–Crippen MR) is 197 cm³/mol. The van der Waals surface area contributed by atoms with E-state index in [1.807, 2.05) is 47.9 Å². The monoisotopic (exact) mass is 811 g/mol. The number of hydrogen-bond donors (Lipinski definition) is 0. The smallest absolute Gasteiger partial charge is 0.0799 e. The summed E-state index contributed by atoms with van der Waals surface area (Å²) in [6.07, 6.45) is 3.97. The summed E-state index contributed by atoms with van der Waals surface area (Å²) in [7, 11) is -1.34. The Morgan fingerprint density at radius 1 is 0.717 bits per heavy atom. The van der Waals surface area contributed by atoms with Gasteiger partial charge in [-0.05, 0) is 68.8 Å². The number of rotatable bonds is 5. The minimum atomic E-state index is -1.34. The molecular weight excluding hydrogens is 773 g/mol. The zero-order valence-corrected chi connectivity index (χ0v) is 31.4. The molecule has 0 aliphatic heterocycles. The second-order valence-corrected chi connectivity index (χ2v) is 18.9. The number of aromatic nitrogens is 2. The van der Waals surface area contributed by atoms with E-state index in [-0.39, 0.29) is 20.1 Å². The van der Waals surface area contributed by atoms with Crippen LogP contribution >= 0.6 is 11.3 Å². The van der Waals surface area contributed by atoms with Gasteiger partial charge < -0.3 is 9.97 Å². The minimum Gasteiger partial charge on any atom is -0.305 e. The van der Waals surface area contributed by atoms with E-state index in [1.54, 1.807) is 0 Å². The maximum absolute atomic E-state index is 4.66. The van der Waals surface area contributed by atoms with Crippen LogP contribution in [0.25, 0.3) is 53.8 Å². The van der Waals surface area contributed by atoms with Gasteiger partial charge in [0.05, 0.1) is 8.07 Å². The topological polar surface area (TPSA) is 25.8 Å². The van der Waals surface area contributed by atoms with E-state index in [0.717, 1.165) is 22.5 Å². The first kappa shape index (κ1) is 33.6. The zero-order valence-electron chi connectivity index (χ0n) is 27.2. The van der Waals surface area contributed by atoms with Crippen molar-refractivity contribution in [3.8, 4) is 33.6 Å². The Morgan fingerprint density at radius 2 is 1.50 bits per heavy atom. The van der Waals surface area contributed by atoms with E-state index in [4.69, 9.17) is 0 Å². The summed E-state index contributed by atoms with van der Waals surface area (Å²) in [5.74, 6) is 0.534. The maximum Gasteiger partial charge on any atom is 0.0799 e. The Balaban J connectivity index is 0.000000187. The van der Waals surface area contributed by atoms with Crippen molar-refractivity contribution < 1.29 is 20.1 Å². The molecule has 3 heterocycles. The molecular formula is C41H38IrN2SSi-2. The van der Waals surface area contributed by atoms with E-state index in [2.05, 4.69) is 142 Å². The summed E-state index contributed by atoms with van der Waals surface area (Å²) in [6, 6.07) is 42.6. The van der Waals surface area contributed by atoms with Crippen molar-refractivity contribution in [2.24, 2.45) is 0 Å². The van der Waals surface area contributed by atoms with Gasteiger partial charge in [0.25, 0.3) is 0 Å². The first-order valence-electron chi connectivity index (χ1n) is 15.5. The molecule has 5 heteroatoms. The van der Waals surface area contributed by atoms with Gasteiger partial charge in [0.15, 0.2) is 0 Å². The number of pyridine rings is 2. The van der Waals surface area contributed by atoms with E-state index < -0.39 is 8.07 Å². The molecule has 0 amide bonds. The zero-order chi connectivity index (χ0) is 31.6. The first-order chi connectivity index (χ1) is 21.7. The number of fused-ring (bicyclic) bond motifs is 3. The Bertz CT molecular complexity index is 2080. The SMILES string of the molecule is CC(C)c1cc(-c2[c-]cccc2)ncc1[Si](C)(C)C.Cc1ccnc(-c2[c-]ccc3c2sc2ccc(-c4ccccc4)cc23)c1.[Ir]. The van der Waals surface area contributed by atoms with Crippen LogP contribution in [0, 0.1) is 19.1 Å². The Hall–Kier alpha value is -3.73. The van der Waals surface area contributed by atoms with Crippen LogP contribution in [0.1, 0.15) is 30.9 Å². The van der Waals surface area contributed by atoms with Gasteiger partial charge in [-0.2, -0.15) is 11.3 Å². The van der Waals surface area contributed by atoms with E-state index in [1.165, 1.54) is 47.6 Å². The molecule has 233 valence electrons. The summed E-state index contributed by atoms with van der Waals surface area (Å²) in [4.78, 5) is 9.23. The maximum atomic E-state index is 4.66. The van der Waals surface area contributed by atoms with Crippen LogP contribution in [-0.4, -0.2) is 18.0 Å². The summed E-state index contributed by atoms with van der Waals surface area (Å²) >= 11 is 1.82. The minimum absolute atomic E-state index is 0. The van der Waals surface area contributed by atoms with Crippen LogP contribution in [0.15, 0.2) is 116 Å². The molecule has 7 rings (SSSR count). The standard InChI is InChI=1S/C24H16NS.C17H22NSi.Ir/c1-16-12-13-25-22(14-16)20-9-5-8-19-21-15-18(17-6-3-2-4-7-17)10-11-23(21)26-24(19)20;1-13(2)15-11-16(14-9-7-6-8-10-14)18-12-17(15)19(3,4)5;/h2-8,10-15H,1H3;6-9,11-13H,1-5H3;/q2*-1;. The molecule has 0 aliphatic carbocycles. The van der Waals surface area contributed by atoms with Crippen LogP contribution in [0.2, 0.25) is 19.6 Å². The van der Waals surface area contributed by atoms with Crippen molar-refractivity contribution in [3.05, 3.63) is 139 Å². The van der Waals surface area contributed by atoms with Crippen molar-refractivity contribution in [1.29, 1.82) is 0 Å². The Morgan fingerprint density at radius 3 is 2.20 bits per heavy atom. The molecule has 4 aromatic carbocycles. The summed E-state index contributed by atoms with van der Waals surface area (Å²) in [5, 5.41) is 4.05. The van der Waals surface area contributed by atoms with Crippen LogP contribution in [0.3, 0.4) is 0 Å². The number of benzene rings is 4. The molecule has 46 heavy (non-hydrogen) atoms. The molecule has 1 radical (unpaired) electrons. The van der Waals surface area contributed by atoms with Crippen molar-refractivity contribution in [2.45, 2.75) is 46.3 Å². The fourth-order valence-corrected chi connectivity index (χ4v) is 8.56. The summed E-state index contributed by atoms with van der Waals surface area (Å²) < 4.78 is 2.55. The average Bonchev–Trinajstić information content (AvgIpc) is 3.43. The summed E-state index contributed by atoms with van der Waals surface area (Å²) in [5.41, 5.74) is 9.35. The second kappa shape index (κ2) is 14.4. The normalized spacial score (nSPS) is 11.3. The third kappa shape index (κ3) is 7.29. The van der Waals surface area contributed by atoms with Crippen LogP contribution in [-0.2, 0) is 20.1 Å². The Kier molecular flexibility index (Phi) is 10.5. The van der Waals surface area contributed by atoms with E-state index in [9.17, 15) is 0 Å². The number of nitrogens with zero attached hydrogens (tertiary/aromatic N) is 2. The van der Waals surface area contributed by atoms with Gasteiger partial charge in [-0.1, -0.05) is 98.5 Å². The van der Waals surface area contributed by atoms with E-state index in [0.29, 0.717) is 5.92 Å². The third-order valence-corrected chi connectivity index (χ3v) is 11.3. The van der Waals surface area contributed by atoms with Gasteiger partial charge in [-0.15, -0.1) is 59.7 Å². The quantitative estimate of drug-likeness (QED) is 0.128. The van der Waals surface area contributed by atoms with Crippen molar-refractivity contribution in [2.75, 3.05) is 0 Å². The fourth-order valence-electron chi connectivity index (χ4n) is 5.69. The molecule has 0 atom stereocenters. The van der Waals surface area contributed by atoms with Crippen molar-refractivity contribution in [3.63, 3.8) is 0 Å². The largest absolute Gasteiger partial charge is 0.305 e. The van der Waals surface area contributed by atoms with Gasteiger partial charge in [0.1, 0.15) is 0 Å². The van der Waals surface area contributed by atoms with Gasteiger partial charge in [0.2, 0.25) is 0 Å². The molecule has 7 aromatic rings. The van der Waals surface area contributed by atoms with Gasteiger partial charge >= 0.3 is 0 Å². The molecule has 0 aliphatic rings. The van der Waals surface area contributed by atoms with Gasteiger partial charge in [-0.3, -0.25) is 0 Å². The molecule has 0 unspecified atom stereocenters. The van der Waals surface area contributed by atoms with Crippen LogP contribution < -0.4 is 5.19 Å². The Labute approximate surface area is 292 Å². The predicted octanol–water partition coefficient (Wildman–Crippen LogP) is 11.1. The number of hydrogen-bond acceptors (Lipinski definition) is 3. The van der Waals surface area contributed by atoms with Gasteiger partial charge in [0, 0.05) is 37.2 Å².